The summed E-state index contributed by atoms with van der Waals surface area (Å²) >= 11 is 0. The summed E-state index contributed by atoms with van der Waals surface area (Å²) in [6, 6.07) is 29.3. The fraction of sp³-hybridized carbons (Fsp3) is 0.382. The van der Waals surface area contributed by atoms with E-state index < -0.39 is 14.5 Å². The van der Waals surface area contributed by atoms with Gasteiger partial charge in [-0.15, -0.1) is 6.58 Å². The molecule has 1 heterocycles. The molecule has 0 saturated carbocycles. The van der Waals surface area contributed by atoms with E-state index in [1.807, 2.05) is 42.2 Å². The molecule has 5 heteroatoms. The molecule has 4 rings (SSSR count). The number of para-hydroxylation sites is 1. The van der Waals surface area contributed by atoms with Crippen LogP contribution in [0.1, 0.15) is 59.4 Å². The Balaban J connectivity index is 1.77. The minimum absolute atomic E-state index is 0.0779. The second-order valence-corrected chi connectivity index (χ2v) is 15.9. The lowest BCUT2D eigenvalue weighted by Gasteiger charge is -2.48. The van der Waals surface area contributed by atoms with E-state index in [2.05, 4.69) is 94.9 Å². The number of hydrogen-bond donors (Lipinski definition) is 0. The summed E-state index contributed by atoms with van der Waals surface area (Å²) in [5.41, 5.74) is 1.95. The van der Waals surface area contributed by atoms with Gasteiger partial charge in [0.2, 0.25) is 5.91 Å². The van der Waals surface area contributed by atoms with Gasteiger partial charge in [-0.1, -0.05) is 113 Å². The number of nitrogens with zero attached hydrogens (tertiary/aromatic N) is 1. The van der Waals surface area contributed by atoms with Crippen LogP contribution in [0.2, 0.25) is 5.04 Å². The van der Waals surface area contributed by atoms with Crippen molar-refractivity contribution in [3.05, 3.63) is 103 Å². The van der Waals surface area contributed by atoms with Gasteiger partial charge in [-0.3, -0.25) is 9.69 Å². The molecule has 0 N–H and O–H groups in total. The van der Waals surface area contributed by atoms with Crippen molar-refractivity contribution >= 4 is 30.3 Å². The van der Waals surface area contributed by atoms with Crippen LogP contribution in [0.3, 0.4) is 0 Å². The smallest absolute Gasteiger partial charge is 0.261 e. The average Bonchev–Trinajstić information content (AvgIpc) is 2.95. The number of anilines is 1. The Labute approximate surface area is 235 Å². The zero-order valence-electron chi connectivity index (χ0n) is 24.1. The van der Waals surface area contributed by atoms with Gasteiger partial charge >= 0.3 is 0 Å². The molecule has 0 radical (unpaired) electrons. The Kier molecular flexibility index (Phi) is 9.26. The molecule has 1 aliphatic rings. The van der Waals surface area contributed by atoms with Crippen LogP contribution in [0.4, 0.5) is 5.69 Å². The van der Waals surface area contributed by atoms with Crippen molar-refractivity contribution < 1.29 is 14.0 Å². The molecule has 206 valence electrons. The number of allylic oxidation sites excluding steroid dienone is 1. The minimum Gasteiger partial charge on any atom is -0.400 e. The third-order valence-electron chi connectivity index (χ3n) is 7.80. The topological polar surface area (TPSA) is 38.8 Å². The molecule has 0 aromatic heterocycles. The summed E-state index contributed by atoms with van der Waals surface area (Å²) < 4.78 is 13.9. The first-order valence-corrected chi connectivity index (χ1v) is 16.0. The highest BCUT2D eigenvalue weighted by Crippen LogP contribution is 2.40. The molecule has 0 spiro atoms. The van der Waals surface area contributed by atoms with Crippen LogP contribution in [0.25, 0.3) is 0 Å². The van der Waals surface area contributed by atoms with Crippen LogP contribution in [-0.4, -0.2) is 26.6 Å². The highest BCUT2D eigenvalue weighted by Gasteiger charge is 2.52. The fourth-order valence-corrected chi connectivity index (χ4v) is 10.5. The van der Waals surface area contributed by atoms with Gasteiger partial charge in [0.05, 0.1) is 18.4 Å². The third-order valence-corrected chi connectivity index (χ3v) is 12.9. The van der Waals surface area contributed by atoms with Crippen LogP contribution in [-0.2, 0) is 20.6 Å². The molecule has 3 aromatic carbocycles. The number of ether oxygens (including phenoxy) is 1. The first-order valence-electron chi connectivity index (χ1n) is 14.1. The Morgan fingerprint density at radius 3 is 2.13 bits per heavy atom. The molecule has 0 bridgehead atoms. The molecule has 0 saturated heterocycles. The summed E-state index contributed by atoms with van der Waals surface area (Å²) in [6.45, 7) is 15.2. The molecule has 39 heavy (non-hydrogen) atoms. The van der Waals surface area contributed by atoms with Crippen molar-refractivity contribution in [2.45, 2.75) is 77.9 Å². The van der Waals surface area contributed by atoms with Gasteiger partial charge in [0.25, 0.3) is 8.32 Å². The Morgan fingerprint density at radius 2 is 1.56 bits per heavy atom. The number of hydrogen-bond acceptors (Lipinski definition) is 3. The molecule has 1 amide bonds. The number of carbonyl (C=O) groups is 1. The minimum atomic E-state index is -2.83. The van der Waals surface area contributed by atoms with E-state index in [1.54, 1.807) is 0 Å². The van der Waals surface area contributed by atoms with E-state index in [4.69, 9.17) is 9.16 Å². The van der Waals surface area contributed by atoms with E-state index in [1.165, 1.54) is 10.4 Å². The number of amides is 1. The number of carbonyl (C=O) groups excluding carboxylic acids is 1. The number of unbranched alkanes of at least 4 members (excludes halogenated alkanes) is 1. The molecule has 0 fully saturated rings. The van der Waals surface area contributed by atoms with Gasteiger partial charge in [-0.2, -0.15) is 0 Å². The number of fused-ring (bicyclic) bond motifs is 1. The van der Waals surface area contributed by atoms with E-state index >= 15 is 0 Å². The van der Waals surface area contributed by atoms with Crippen LogP contribution >= 0.6 is 0 Å². The number of rotatable bonds is 10. The molecular formula is C34H43NO3Si. The maximum absolute atomic E-state index is 14.0. The second-order valence-electron chi connectivity index (χ2n) is 11.6. The van der Waals surface area contributed by atoms with E-state index in [9.17, 15) is 4.79 Å². The van der Waals surface area contributed by atoms with Gasteiger partial charge in [0.1, 0.15) is 0 Å². The van der Waals surface area contributed by atoms with Crippen molar-refractivity contribution in [3.63, 3.8) is 0 Å². The van der Waals surface area contributed by atoms with Crippen molar-refractivity contribution in [2.24, 2.45) is 5.92 Å². The quantitative estimate of drug-likeness (QED) is 0.160. The van der Waals surface area contributed by atoms with Crippen molar-refractivity contribution in [1.29, 1.82) is 0 Å². The van der Waals surface area contributed by atoms with Crippen molar-refractivity contribution in [1.82, 2.24) is 0 Å². The Bertz CT molecular complexity index is 1200. The lowest BCUT2D eigenvalue weighted by atomic mass is 10.00. The van der Waals surface area contributed by atoms with Gasteiger partial charge in [0, 0.05) is 11.5 Å². The monoisotopic (exact) mass is 541 g/mol. The molecule has 4 nitrogen and oxygen atoms in total. The van der Waals surface area contributed by atoms with E-state index in [0.717, 1.165) is 30.5 Å². The normalized spacial score (nSPS) is 17.3. The largest absolute Gasteiger partial charge is 0.400 e. The SMILES string of the molecule is C=CCCC[C@@H](C)C(=O)N1c2ccccc2CO[C@@H]1[C@H](C)O[Si](c1ccccc1)(c1ccccc1)C(C)(C)C. The zero-order chi connectivity index (χ0) is 28.0. The first-order chi connectivity index (χ1) is 18.7. The number of benzene rings is 3. The van der Waals surface area contributed by atoms with Crippen LogP contribution in [0, 0.1) is 5.92 Å². The lowest BCUT2D eigenvalue weighted by Crippen LogP contribution is -2.69. The van der Waals surface area contributed by atoms with Crippen LogP contribution in [0.15, 0.2) is 97.6 Å². The summed E-state index contributed by atoms with van der Waals surface area (Å²) in [7, 11) is -2.83. The van der Waals surface area contributed by atoms with Crippen LogP contribution in [0.5, 0.6) is 0 Å². The van der Waals surface area contributed by atoms with E-state index in [0.29, 0.717) is 6.61 Å². The van der Waals surface area contributed by atoms with Crippen molar-refractivity contribution in [3.8, 4) is 0 Å². The van der Waals surface area contributed by atoms with Crippen LogP contribution < -0.4 is 15.3 Å². The standard InChI is InChI=1S/C34H43NO3Si/c1-7-8-11-18-26(2)32(36)35-31-24-17-16-19-28(31)25-37-33(35)27(3)38-39(34(4,5)6,29-20-12-9-13-21-29)30-22-14-10-15-23-30/h7,9-10,12-17,19-24,26-27,33H,1,8,11,18,25H2,2-6H3/t26-,27+,33-/m1/s1. The first kappa shape index (κ1) is 29.0. The molecule has 3 aromatic rings. The highest BCUT2D eigenvalue weighted by atomic mass is 28.4. The maximum Gasteiger partial charge on any atom is 0.261 e. The third kappa shape index (κ3) is 5.96. The Morgan fingerprint density at radius 1 is 1.00 bits per heavy atom. The summed E-state index contributed by atoms with van der Waals surface area (Å²) in [5.74, 6) is -0.0589. The molecular weight excluding hydrogens is 498 g/mol. The predicted octanol–water partition coefficient (Wildman–Crippen LogP) is 6.83. The molecule has 3 atom stereocenters. The highest BCUT2D eigenvalue weighted by molar-refractivity contribution is 6.99. The summed E-state index contributed by atoms with van der Waals surface area (Å²) in [5, 5.41) is 2.24. The molecule has 0 unspecified atom stereocenters. The average molecular weight is 542 g/mol. The van der Waals surface area contributed by atoms with Crippen molar-refractivity contribution in [2.75, 3.05) is 4.90 Å². The lowest BCUT2D eigenvalue weighted by molar-refractivity contribution is -0.128. The maximum atomic E-state index is 14.0. The molecule has 1 aliphatic heterocycles. The van der Waals surface area contributed by atoms with Gasteiger partial charge in [-0.25, -0.2) is 0 Å². The predicted molar refractivity (Wildman–Crippen MR) is 164 cm³/mol. The summed E-state index contributed by atoms with van der Waals surface area (Å²) in [4.78, 5) is 15.9. The van der Waals surface area contributed by atoms with Gasteiger partial charge < -0.3 is 9.16 Å². The fourth-order valence-electron chi connectivity index (χ4n) is 5.80. The van der Waals surface area contributed by atoms with Gasteiger partial charge in [-0.05, 0) is 47.7 Å². The van der Waals surface area contributed by atoms with Gasteiger partial charge in [0.15, 0.2) is 6.23 Å². The van der Waals surface area contributed by atoms with E-state index in [-0.39, 0.29) is 23.0 Å². The zero-order valence-corrected chi connectivity index (χ0v) is 25.1. The molecule has 0 aliphatic carbocycles. The Hall–Kier alpha value is -2.99. The summed E-state index contributed by atoms with van der Waals surface area (Å²) in [6.07, 6.45) is 3.66. The second kappa shape index (κ2) is 12.5.